The Morgan fingerprint density at radius 1 is 1.00 bits per heavy atom. The van der Waals surface area contributed by atoms with Crippen LogP contribution in [0.5, 0.6) is 0 Å². The first-order valence-corrected chi connectivity index (χ1v) is 10.1. The van der Waals surface area contributed by atoms with Crippen molar-refractivity contribution in [2.24, 2.45) is 5.92 Å². The molecule has 1 N–H and O–H groups in total. The SMILES string of the molecule is Cc1ccc(C(=O)N2CCC(C(=O)Nc3c(C)cccc3C(C)C)CC2)cc1. The number of likely N-dealkylation sites (tertiary alicyclic amines) is 1. The quantitative estimate of drug-likeness (QED) is 0.821. The van der Waals surface area contributed by atoms with Gasteiger partial charge in [-0.1, -0.05) is 49.7 Å². The molecule has 0 radical (unpaired) electrons. The molecule has 0 saturated carbocycles. The van der Waals surface area contributed by atoms with Crippen molar-refractivity contribution in [3.8, 4) is 0 Å². The smallest absolute Gasteiger partial charge is 0.253 e. The summed E-state index contributed by atoms with van der Waals surface area (Å²) in [5.74, 6) is 0.421. The zero-order valence-corrected chi connectivity index (χ0v) is 17.3. The van der Waals surface area contributed by atoms with E-state index in [2.05, 4.69) is 25.2 Å². The zero-order valence-electron chi connectivity index (χ0n) is 17.3. The summed E-state index contributed by atoms with van der Waals surface area (Å²) in [6.45, 7) is 9.56. The lowest BCUT2D eigenvalue weighted by Gasteiger charge is -2.31. The van der Waals surface area contributed by atoms with Gasteiger partial charge in [-0.3, -0.25) is 9.59 Å². The number of hydrogen-bond acceptors (Lipinski definition) is 2. The number of anilines is 1. The number of nitrogens with zero attached hydrogens (tertiary/aromatic N) is 1. The van der Waals surface area contributed by atoms with Crippen LogP contribution in [0.25, 0.3) is 0 Å². The number of amides is 2. The molecule has 148 valence electrons. The number of nitrogens with one attached hydrogen (secondary N) is 1. The molecule has 1 aliphatic rings. The van der Waals surface area contributed by atoms with Crippen LogP contribution >= 0.6 is 0 Å². The van der Waals surface area contributed by atoms with E-state index < -0.39 is 0 Å². The zero-order chi connectivity index (χ0) is 20.3. The van der Waals surface area contributed by atoms with E-state index in [9.17, 15) is 9.59 Å². The molecule has 4 nitrogen and oxygen atoms in total. The van der Waals surface area contributed by atoms with Crippen LogP contribution in [0.3, 0.4) is 0 Å². The predicted octanol–water partition coefficient (Wildman–Crippen LogP) is 4.92. The Morgan fingerprint density at radius 2 is 1.64 bits per heavy atom. The van der Waals surface area contributed by atoms with Crippen molar-refractivity contribution in [3.05, 3.63) is 64.7 Å². The van der Waals surface area contributed by atoms with Gasteiger partial charge >= 0.3 is 0 Å². The Balaban J connectivity index is 1.62. The molecular formula is C24H30N2O2. The molecule has 3 rings (SSSR count). The summed E-state index contributed by atoms with van der Waals surface area (Å²) < 4.78 is 0. The summed E-state index contributed by atoms with van der Waals surface area (Å²) in [5, 5.41) is 3.17. The number of carbonyl (C=O) groups is 2. The van der Waals surface area contributed by atoms with Gasteiger partial charge in [-0.05, 0) is 55.9 Å². The minimum atomic E-state index is -0.0540. The van der Waals surface area contributed by atoms with Gasteiger partial charge in [-0.2, -0.15) is 0 Å². The van der Waals surface area contributed by atoms with E-state index in [1.165, 1.54) is 5.56 Å². The van der Waals surface area contributed by atoms with E-state index in [0.717, 1.165) is 22.4 Å². The highest BCUT2D eigenvalue weighted by atomic mass is 16.2. The van der Waals surface area contributed by atoms with E-state index in [1.807, 2.05) is 55.1 Å². The van der Waals surface area contributed by atoms with Crippen LogP contribution in [0.2, 0.25) is 0 Å². The van der Waals surface area contributed by atoms with Gasteiger partial charge in [0.15, 0.2) is 0 Å². The molecule has 2 aromatic rings. The number of piperidine rings is 1. The second-order valence-electron chi connectivity index (χ2n) is 8.12. The average molecular weight is 379 g/mol. The minimum absolute atomic E-state index is 0.0540. The van der Waals surface area contributed by atoms with Crippen molar-refractivity contribution in [3.63, 3.8) is 0 Å². The number of aryl methyl sites for hydroxylation is 2. The van der Waals surface area contributed by atoms with E-state index in [0.29, 0.717) is 31.8 Å². The Morgan fingerprint density at radius 3 is 2.25 bits per heavy atom. The second kappa shape index (κ2) is 8.59. The second-order valence-corrected chi connectivity index (χ2v) is 8.12. The normalized spacial score (nSPS) is 15.0. The summed E-state index contributed by atoms with van der Waals surface area (Å²) in [5.41, 5.74) is 5.06. The topological polar surface area (TPSA) is 49.4 Å². The Bertz CT molecular complexity index is 847. The molecule has 0 aliphatic carbocycles. The maximum atomic E-state index is 12.9. The lowest BCUT2D eigenvalue weighted by molar-refractivity contribution is -0.121. The van der Waals surface area contributed by atoms with Gasteiger partial charge in [0.2, 0.25) is 5.91 Å². The summed E-state index contributed by atoms with van der Waals surface area (Å²) in [6.07, 6.45) is 1.40. The van der Waals surface area contributed by atoms with Gasteiger partial charge in [0, 0.05) is 30.3 Å². The lowest BCUT2D eigenvalue weighted by Crippen LogP contribution is -2.41. The Hall–Kier alpha value is -2.62. The third-order valence-corrected chi connectivity index (χ3v) is 5.63. The first-order valence-electron chi connectivity index (χ1n) is 10.1. The molecule has 0 bridgehead atoms. The van der Waals surface area contributed by atoms with Crippen LogP contribution in [-0.4, -0.2) is 29.8 Å². The summed E-state index contributed by atoms with van der Waals surface area (Å²) in [6, 6.07) is 13.8. The average Bonchev–Trinajstić information content (AvgIpc) is 2.69. The molecule has 0 aromatic heterocycles. The number of hydrogen-bond donors (Lipinski definition) is 1. The largest absolute Gasteiger partial charge is 0.339 e. The number of carbonyl (C=O) groups excluding carboxylic acids is 2. The molecule has 1 saturated heterocycles. The van der Waals surface area contributed by atoms with E-state index in [-0.39, 0.29) is 17.7 Å². The van der Waals surface area contributed by atoms with Crippen molar-refractivity contribution >= 4 is 17.5 Å². The highest BCUT2D eigenvalue weighted by Crippen LogP contribution is 2.29. The van der Waals surface area contributed by atoms with E-state index in [4.69, 9.17) is 0 Å². The molecular weight excluding hydrogens is 348 g/mol. The van der Waals surface area contributed by atoms with Crippen LogP contribution < -0.4 is 5.32 Å². The van der Waals surface area contributed by atoms with Crippen LogP contribution in [0.1, 0.15) is 59.7 Å². The van der Waals surface area contributed by atoms with E-state index >= 15 is 0 Å². The predicted molar refractivity (Wildman–Crippen MR) is 114 cm³/mol. The molecule has 1 aliphatic heterocycles. The first kappa shape index (κ1) is 20.1. The molecule has 2 aromatic carbocycles. The van der Waals surface area contributed by atoms with Crippen molar-refractivity contribution < 1.29 is 9.59 Å². The van der Waals surface area contributed by atoms with Gasteiger partial charge in [-0.15, -0.1) is 0 Å². The summed E-state index contributed by atoms with van der Waals surface area (Å²) in [4.78, 5) is 27.4. The molecule has 0 spiro atoms. The van der Waals surface area contributed by atoms with Crippen LogP contribution in [0.4, 0.5) is 5.69 Å². The number of rotatable bonds is 4. The van der Waals surface area contributed by atoms with Crippen LogP contribution in [0, 0.1) is 19.8 Å². The summed E-state index contributed by atoms with van der Waals surface area (Å²) >= 11 is 0. The first-order chi connectivity index (χ1) is 13.4. The van der Waals surface area contributed by atoms with Crippen LogP contribution in [0.15, 0.2) is 42.5 Å². The highest BCUT2D eigenvalue weighted by molar-refractivity contribution is 5.96. The molecule has 4 heteroatoms. The minimum Gasteiger partial charge on any atom is -0.339 e. The Kier molecular flexibility index (Phi) is 6.18. The third-order valence-electron chi connectivity index (χ3n) is 5.63. The van der Waals surface area contributed by atoms with Crippen molar-refractivity contribution in [1.29, 1.82) is 0 Å². The van der Waals surface area contributed by atoms with Crippen molar-refractivity contribution in [1.82, 2.24) is 4.90 Å². The molecule has 28 heavy (non-hydrogen) atoms. The molecule has 0 atom stereocenters. The molecule has 0 unspecified atom stereocenters. The number of benzene rings is 2. The van der Waals surface area contributed by atoms with Gasteiger partial charge < -0.3 is 10.2 Å². The fourth-order valence-corrected chi connectivity index (χ4v) is 3.79. The van der Waals surface area contributed by atoms with Gasteiger partial charge in [0.1, 0.15) is 0 Å². The van der Waals surface area contributed by atoms with Gasteiger partial charge in [0.05, 0.1) is 0 Å². The van der Waals surface area contributed by atoms with Crippen molar-refractivity contribution in [2.45, 2.75) is 46.5 Å². The monoisotopic (exact) mass is 378 g/mol. The molecule has 1 fully saturated rings. The Labute approximate surface area is 167 Å². The maximum Gasteiger partial charge on any atom is 0.253 e. The third kappa shape index (κ3) is 4.44. The van der Waals surface area contributed by atoms with E-state index in [1.54, 1.807) is 0 Å². The van der Waals surface area contributed by atoms with Gasteiger partial charge in [-0.25, -0.2) is 0 Å². The highest BCUT2D eigenvalue weighted by Gasteiger charge is 2.28. The molecule has 2 amide bonds. The number of para-hydroxylation sites is 1. The fourth-order valence-electron chi connectivity index (χ4n) is 3.79. The van der Waals surface area contributed by atoms with Crippen LogP contribution in [-0.2, 0) is 4.79 Å². The fraction of sp³-hybridized carbons (Fsp3) is 0.417. The standard InChI is InChI=1S/C24H30N2O2/c1-16(2)21-7-5-6-18(4)22(21)25-23(27)19-12-14-26(15-13-19)24(28)20-10-8-17(3)9-11-20/h5-11,16,19H,12-15H2,1-4H3,(H,25,27). The molecule has 1 heterocycles. The maximum absolute atomic E-state index is 12.9. The van der Waals surface area contributed by atoms with Crippen molar-refractivity contribution in [2.75, 3.05) is 18.4 Å². The lowest BCUT2D eigenvalue weighted by atomic mass is 9.93. The summed E-state index contributed by atoms with van der Waals surface area (Å²) in [7, 11) is 0. The van der Waals surface area contributed by atoms with Gasteiger partial charge in [0.25, 0.3) is 5.91 Å².